The second-order valence-electron chi connectivity index (χ2n) is 6.88. The Morgan fingerprint density at radius 1 is 1.41 bits per heavy atom. The fraction of sp³-hybridized carbons (Fsp3) is 0.529. The Labute approximate surface area is 161 Å². The number of hydrogen-bond donors (Lipinski definition) is 1. The van der Waals surface area contributed by atoms with Crippen molar-refractivity contribution in [1.29, 1.82) is 5.26 Å². The molecule has 2 fully saturated rings. The SMILES string of the molecule is N#CC1(NC(=O)C2CC(S(=O)(=O)c3ccccc3Cl)CN2CC(F)F)CC1. The van der Waals surface area contributed by atoms with Gasteiger partial charge in [0.2, 0.25) is 5.91 Å². The average molecular weight is 418 g/mol. The van der Waals surface area contributed by atoms with Crippen molar-refractivity contribution in [2.45, 2.75) is 47.4 Å². The number of rotatable bonds is 6. The number of sulfone groups is 1. The summed E-state index contributed by atoms with van der Waals surface area (Å²) in [5.41, 5.74) is -0.951. The number of nitriles is 1. The van der Waals surface area contributed by atoms with Gasteiger partial charge in [-0.05, 0) is 31.4 Å². The lowest BCUT2D eigenvalue weighted by molar-refractivity contribution is -0.126. The van der Waals surface area contributed by atoms with Crippen LogP contribution in [-0.4, -0.2) is 55.6 Å². The lowest BCUT2D eigenvalue weighted by Gasteiger charge is -2.24. The molecule has 1 aromatic rings. The van der Waals surface area contributed by atoms with Gasteiger partial charge in [-0.15, -0.1) is 0 Å². The van der Waals surface area contributed by atoms with E-state index in [-0.39, 0.29) is 22.9 Å². The van der Waals surface area contributed by atoms with Gasteiger partial charge in [-0.1, -0.05) is 23.7 Å². The van der Waals surface area contributed by atoms with Gasteiger partial charge in [-0.3, -0.25) is 9.69 Å². The van der Waals surface area contributed by atoms with Crippen molar-refractivity contribution in [2.24, 2.45) is 0 Å². The number of carbonyl (C=O) groups is 1. The molecule has 0 spiro atoms. The summed E-state index contributed by atoms with van der Waals surface area (Å²) in [6, 6.07) is 6.88. The van der Waals surface area contributed by atoms with Gasteiger partial charge in [-0.25, -0.2) is 17.2 Å². The summed E-state index contributed by atoms with van der Waals surface area (Å²) >= 11 is 5.99. The van der Waals surface area contributed by atoms with E-state index in [1.54, 1.807) is 6.07 Å². The molecule has 146 valence electrons. The summed E-state index contributed by atoms with van der Waals surface area (Å²) in [4.78, 5) is 13.7. The van der Waals surface area contributed by atoms with Crippen LogP contribution in [0.15, 0.2) is 29.2 Å². The Bertz CT molecular complexity index is 884. The first-order valence-electron chi connectivity index (χ1n) is 8.42. The van der Waals surface area contributed by atoms with E-state index in [1.165, 1.54) is 23.1 Å². The lowest BCUT2D eigenvalue weighted by Crippen LogP contribution is -2.48. The van der Waals surface area contributed by atoms with Crippen LogP contribution in [0.1, 0.15) is 19.3 Å². The Morgan fingerprint density at radius 3 is 2.63 bits per heavy atom. The zero-order valence-electron chi connectivity index (χ0n) is 14.2. The third-order valence-electron chi connectivity index (χ3n) is 4.95. The summed E-state index contributed by atoms with van der Waals surface area (Å²) in [6.45, 7) is -0.915. The number of likely N-dealkylation sites (tertiary alicyclic amines) is 1. The van der Waals surface area contributed by atoms with Crippen molar-refractivity contribution in [3.8, 4) is 6.07 Å². The normalized spacial score (nSPS) is 24.6. The number of benzene rings is 1. The topological polar surface area (TPSA) is 90.3 Å². The van der Waals surface area contributed by atoms with E-state index in [4.69, 9.17) is 16.9 Å². The van der Waals surface area contributed by atoms with Gasteiger partial charge in [0.1, 0.15) is 5.54 Å². The van der Waals surface area contributed by atoms with Crippen molar-refractivity contribution < 1.29 is 22.0 Å². The standard InChI is InChI=1S/C17H18ClF2N3O3S/c18-12-3-1-2-4-14(12)27(25,26)11-7-13(23(8-11)9-15(19)20)16(24)22-17(10-21)5-6-17/h1-4,11,13,15H,5-9H2,(H,22,24). The Morgan fingerprint density at radius 2 is 2.07 bits per heavy atom. The van der Waals surface area contributed by atoms with E-state index < -0.39 is 45.5 Å². The minimum absolute atomic E-state index is 0.0484. The number of nitrogens with one attached hydrogen (secondary N) is 1. The smallest absolute Gasteiger partial charge is 0.251 e. The van der Waals surface area contributed by atoms with Crippen LogP contribution in [0.25, 0.3) is 0 Å². The van der Waals surface area contributed by atoms with Crippen LogP contribution >= 0.6 is 11.6 Å². The molecule has 2 unspecified atom stereocenters. The monoisotopic (exact) mass is 417 g/mol. The van der Waals surface area contributed by atoms with Gasteiger partial charge in [0.05, 0.1) is 33.8 Å². The first-order valence-corrected chi connectivity index (χ1v) is 10.3. The van der Waals surface area contributed by atoms with Gasteiger partial charge in [0.15, 0.2) is 9.84 Å². The fourth-order valence-corrected chi connectivity index (χ4v) is 5.55. The molecule has 0 radical (unpaired) electrons. The third-order valence-corrected chi connectivity index (χ3v) is 7.58. The summed E-state index contributed by atoms with van der Waals surface area (Å²) in [5.74, 6) is -0.591. The molecule has 1 amide bonds. The van der Waals surface area contributed by atoms with Gasteiger partial charge in [0, 0.05) is 6.54 Å². The highest BCUT2D eigenvalue weighted by molar-refractivity contribution is 7.92. The Kier molecular flexibility index (Phi) is 5.43. The van der Waals surface area contributed by atoms with Gasteiger partial charge < -0.3 is 5.32 Å². The molecule has 1 aliphatic heterocycles. The maximum Gasteiger partial charge on any atom is 0.251 e. The van der Waals surface area contributed by atoms with Crippen molar-refractivity contribution in [1.82, 2.24) is 10.2 Å². The summed E-state index contributed by atoms with van der Waals surface area (Å²) < 4.78 is 51.8. The van der Waals surface area contributed by atoms with E-state index in [9.17, 15) is 22.0 Å². The second-order valence-corrected chi connectivity index (χ2v) is 9.48. The van der Waals surface area contributed by atoms with E-state index in [1.807, 2.05) is 6.07 Å². The van der Waals surface area contributed by atoms with Crippen LogP contribution in [0.2, 0.25) is 5.02 Å². The van der Waals surface area contributed by atoms with Crippen molar-refractivity contribution in [2.75, 3.05) is 13.1 Å². The minimum atomic E-state index is -3.90. The van der Waals surface area contributed by atoms with Crippen molar-refractivity contribution in [3.63, 3.8) is 0 Å². The van der Waals surface area contributed by atoms with Gasteiger partial charge in [-0.2, -0.15) is 5.26 Å². The number of hydrogen-bond acceptors (Lipinski definition) is 5. The van der Waals surface area contributed by atoms with Crippen LogP contribution < -0.4 is 5.32 Å². The predicted octanol–water partition coefficient (Wildman–Crippen LogP) is 1.99. The molecule has 2 atom stereocenters. The molecule has 10 heteroatoms. The Hall–Kier alpha value is -1.76. The molecule has 1 heterocycles. The highest BCUT2D eigenvalue weighted by Crippen LogP contribution is 2.36. The number of nitrogens with zero attached hydrogens (tertiary/aromatic N) is 2. The van der Waals surface area contributed by atoms with Crippen molar-refractivity contribution in [3.05, 3.63) is 29.3 Å². The zero-order valence-corrected chi connectivity index (χ0v) is 15.8. The molecule has 0 bridgehead atoms. The quantitative estimate of drug-likeness (QED) is 0.764. The van der Waals surface area contributed by atoms with Crippen LogP contribution in [0.5, 0.6) is 0 Å². The molecular formula is C17H18ClF2N3O3S. The van der Waals surface area contributed by atoms with E-state index >= 15 is 0 Å². The van der Waals surface area contributed by atoms with Crippen LogP contribution in [0.3, 0.4) is 0 Å². The second kappa shape index (κ2) is 7.34. The Balaban J connectivity index is 1.84. The minimum Gasteiger partial charge on any atom is -0.336 e. The van der Waals surface area contributed by atoms with Crippen LogP contribution in [-0.2, 0) is 14.6 Å². The molecule has 1 saturated heterocycles. The summed E-state index contributed by atoms with van der Waals surface area (Å²) in [5, 5.41) is 10.7. The number of alkyl halides is 2. The fourth-order valence-electron chi connectivity index (χ4n) is 3.30. The molecule has 27 heavy (non-hydrogen) atoms. The molecular weight excluding hydrogens is 400 g/mol. The number of carbonyl (C=O) groups excluding carboxylic acids is 1. The first-order chi connectivity index (χ1) is 12.7. The maximum absolute atomic E-state index is 13.0. The predicted molar refractivity (Wildman–Crippen MR) is 94.1 cm³/mol. The molecule has 1 aromatic carbocycles. The molecule has 1 aliphatic carbocycles. The largest absolute Gasteiger partial charge is 0.336 e. The van der Waals surface area contributed by atoms with Gasteiger partial charge in [0.25, 0.3) is 6.43 Å². The number of amides is 1. The highest BCUT2D eigenvalue weighted by atomic mass is 35.5. The van der Waals surface area contributed by atoms with Crippen molar-refractivity contribution >= 4 is 27.3 Å². The molecule has 1 saturated carbocycles. The van der Waals surface area contributed by atoms with Crippen LogP contribution in [0.4, 0.5) is 8.78 Å². The molecule has 1 N–H and O–H groups in total. The maximum atomic E-state index is 13.0. The summed E-state index contributed by atoms with van der Waals surface area (Å²) in [7, 11) is -3.90. The molecule has 2 aliphatic rings. The average Bonchev–Trinajstić information content (AvgIpc) is 3.24. The molecule has 0 aromatic heterocycles. The number of halogens is 3. The zero-order chi connectivity index (χ0) is 19.8. The van der Waals surface area contributed by atoms with Gasteiger partial charge >= 0.3 is 0 Å². The van der Waals surface area contributed by atoms with E-state index in [0.717, 1.165) is 0 Å². The lowest BCUT2D eigenvalue weighted by atomic mass is 10.2. The van der Waals surface area contributed by atoms with E-state index in [2.05, 4.69) is 5.32 Å². The third kappa shape index (κ3) is 4.08. The molecule has 3 rings (SSSR count). The van der Waals surface area contributed by atoms with Crippen LogP contribution in [0, 0.1) is 11.3 Å². The highest BCUT2D eigenvalue weighted by Gasteiger charge is 2.49. The molecule has 6 nitrogen and oxygen atoms in total. The first kappa shape index (κ1) is 20.0. The van der Waals surface area contributed by atoms with E-state index in [0.29, 0.717) is 12.8 Å². The summed E-state index contributed by atoms with van der Waals surface area (Å²) in [6.07, 6.45) is -1.85.